The first-order valence-corrected chi connectivity index (χ1v) is 8.22. The fraction of sp³-hybridized carbons (Fsp3) is 0.643. The van der Waals surface area contributed by atoms with Crippen molar-refractivity contribution in [1.29, 1.82) is 0 Å². The second kappa shape index (κ2) is 5.43. The van der Waals surface area contributed by atoms with Crippen molar-refractivity contribution in [1.82, 2.24) is 4.90 Å². The van der Waals surface area contributed by atoms with E-state index >= 15 is 0 Å². The molecule has 2 saturated heterocycles. The molecular weight excluding hydrogens is 312 g/mol. The Morgan fingerprint density at radius 2 is 2.29 bits per heavy atom. The number of amides is 2. The van der Waals surface area contributed by atoms with E-state index in [1.807, 2.05) is 25.3 Å². The molecule has 7 heteroatoms. The van der Waals surface area contributed by atoms with Gasteiger partial charge in [0.1, 0.15) is 9.94 Å². The van der Waals surface area contributed by atoms with Crippen LogP contribution >= 0.6 is 22.9 Å². The highest BCUT2D eigenvalue weighted by atomic mass is 35.5. The standard InChI is InChI=1S/C14H19ClN2O3S/c1-13(2)7-17(8-14(20-13)4-5-19-9-14)12(18)16-10-3-6-21-11(10)15/h3,6H,4-5,7-9H2,1-2H3,(H,16,18)/t14-/m1/s1. The molecule has 1 spiro atoms. The monoisotopic (exact) mass is 330 g/mol. The quantitative estimate of drug-likeness (QED) is 0.860. The molecule has 0 bridgehead atoms. The summed E-state index contributed by atoms with van der Waals surface area (Å²) >= 11 is 7.44. The molecule has 21 heavy (non-hydrogen) atoms. The van der Waals surface area contributed by atoms with E-state index in [0.717, 1.165) is 6.42 Å². The predicted molar refractivity (Wildman–Crippen MR) is 83.3 cm³/mol. The van der Waals surface area contributed by atoms with E-state index in [1.54, 1.807) is 4.90 Å². The number of hydrogen-bond acceptors (Lipinski definition) is 4. The van der Waals surface area contributed by atoms with Crippen molar-refractivity contribution < 1.29 is 14.3 Å². The van der Waals surface area contributed by atoms with Crippen molar-refractivity contribution in [3.05, 3.63) is 15.8 Å². The van der Waals surface area contributed by atoms with Gasteiger partial charge in [0.15, 0.2) is 0 Å². The van der Waals surface area contributed by atoms with E-state index in [9.17, 15) is 4.79 Å². The van der Waals surface area contributed by atoms with Gasteiger partial charge in [-0.2, -0.15) is 0 Å². The maximum absolute atomic E-state index is 12.5. The Bertz CT molecular complexity index is 540. The summed E-state index contributed by atoms with van der Waals surface area (Å²) in [5.74, 6) is 0. The van der Waals surface area contributed by atoms with E-state index in [2.05, 4.69) is 5.32 Å². The first-order valence-electron chi connectivity index (χ1n) is 6.96. The van der Waals surface area contributed by atoms with E-state index in [0.29, 0.717) is 36.3 Å². The second-order valence-electron chi connectivity index (χ2n) is 6.24. The number of carbonyl (C=O) groups is 1. The number of rotatable bonds is 1. The zero-order chi connectivity index (χ0) is 15.1. The Labute approximate surface area is 133 Å². The summed E-state index contributed by atoms with van der Waals surface area (Å²) in [7, 11) is 0. The Morgan fingerprint density at radius 3 is 2.90 bits per heavy atom. The molecule has 3 heterocycles. The molecule has 1 aromatic rings. The maximum Gasteiger partial charge on any atom is 0.322 e. The molecule has 1 atom stereocenters. The Morgan fingerprint density at radius 1 is 1.48 bits per heavy atom. The average molecular weight is 331 g/mol. The van der Waals surface area contributed by atoms with Gasteiger partial charge in [-0.15, -0.1) is 11.3 Å². The van der Waals surface area contributed by atoms with Crippen LogP contribution in [0.4, 0.5) is 10.5 Å². The number of anilines is 1. The van der Waals surface area contributed by atoms with Crippen LogP contribution in [0.1, 0.15) is 20.3 Å². The first kappa shape index (κ1) is 15.1. The van der Waals surface area contributed by atoms with Crippen LogP contribution in [0.3, 0.4) is 0 Å². The lowest BCUT2D eigenvalue weighted by molar-refractivity contribution is -0.185. The number of ether oxygens (including phenoxy) is 2. The largest absolute Gasteiger partial charge is 0.378 e. The number of carbonyl (C=O) groups excluding carboxylic acids is 1. The molecule has 116 valence electrons. The zero-order valence-corrected chi connectivity index (χ0v) is 13.7. The smallest absolute Gasteiger partial charge is 0.322 e. The van der Waals surface area contributed by atoms with Gasteiger partial charge in [0.25, 0.3) is 0 Å². The van der Waals surface area contributed by atoms with Crippen molar-refractivity contribution in [2.45, 2.75) is 31.5 Å². The van der Waals surface area contributed by atoms with Gasteiger partial charge < -0.3 is 19.7 Å². The lowest BCUT2D eigenvalue weighted by Gasteiger charge is -2.47. The SMILES string of the molecule is CC1(C)CN(C(=O)Nc2ccsc2Cl)C[C@@]2(CCOC2)O1. The molecule has 0 radical (unpaired) electrons. The van der Waals surface area contributed by atoms with E-state index < -0.39 is 0 Å². The average Bonchev–Trinajstić information content (AvgIpc) is 2.98. The minimum atomic E-state index is -0.387. The summed E-state index contributed by atoms with van der Waals surface area (Å²) in [6.45, 7) is 6.32. The highest BCUT2D eigenvalue weighted by molar-refractivity contribution is 7.15. The summed E-state index contributed by atoms with van der Waals surface area (Å²) in [6.07, 6.45) is 0.819. The Hall–Kier alpha value is -0.820. The molecule has 2 fully saturated rings. The number of nitrogens with one attached hydrogen (secondary N) is 1. The van der Waals surface area contributed by atoms with E-state index in [4.69, 9.17) is 21.1 Å². The molecule has 3 rings (SSSR count). The lowest BCUT2D eigenvalue weighted by atomic mass is 9.95. The van der Waals surface area contributed by atoms with Crippen LogP contribution in [0.15, 0.2) is 11.4 Å². The van der Waals surface area contributed by atoms with Crippen molar-refractivity contribution in [2.24, 2.45) is 0 Å². The minimum absolute atomic E-state index is 0.141. The normalized spacial score (nSPS) is 28.0. The molecule has 2 aliphatic rings. The maximum atomic E-state index is 12.5. The molecular formula is C14H19ClN2O3S. The molecule has 0 aromatic carbocycles. The van der Waals surface area contributed by atoms with Crippen LogP contribution in [0, 0.1) is 0 Å². The third kappa shape index (κ3) is 3.18. The summed E-state index contributed by atoms with van der Waals surface area (Å²) in [6, 6.07) is 1.67. The number of nitrogens with zero attached hydrogens (tertiary/aromatic N) is 1. The van der Waals surface area contributed by atoms with E-state index in [1.165, 1.54) is 11.3 Å². The lowest BCUT2D eigenvalue weighted by Crippen LogP contribution is -2.62. The zero-order valence-electron chi connectivity index (χ0n) is 12.1. The third-order valence-electron chi connectivity index (χ3n) is 3.76. The molecule has 0 aliphatic carbocycles. The van der Waals surface area contributed by atoms with Crippen LogP contribution < -0.4 is 5.32 Å². The molecule has 5 nitrogen and oxygen atoms in total. The fourth-order valence-corrected chi connectivity index (χ4v) is 3.86. The number of thiophene rings is 1. The van der Waals surface area contributed by atoms with E-state index in [-0.39, 0.29) is 17.2 Å². The van der Waals surface area contributed by atoms with Crippen LogP contribution in [0.25, 0.3) is 0 Å². The number of urea groups is 1. The van der Waals surface area contributed by atoms with Gasteiger partial charge in [0.05, 0.1) is 31.0 Å². The van der Waals surface area contributed by atoms with Crippen molar-refractivity contribution in [3.63, 3.8) is 0 Å². The third-order valence-corrected chi connectivity index (χ3v) is 4.93. The van der Waals surface area contributed by atoms with Crippen molar-refractivity contribution in [3.8, 4) is 0 Å². The van der Waals surface area contributed by atoms with Gasteiger partial charge in [-0.3, -0.25) is 0 Å². The first-order chi connectivity index (χ1) is 9.89. The number of morpholine rings is 1. The molecule has 0 saturated carbocycles. The van der Waals surface area contributed by atoms with Gasteiger partial charge in [0, 0.05) is 13.0 Å². The minimum Gasteiger partial charge on any atom is -0.378 e. The molecule has 2 amide bonds. The summed E-state index contributed by atoms with van der Waals surface area (Å²) in [5, 5.41) is 4.73. The summed E-state index contributed by atoms with van der Waals surface area (Å²) in [5.41, 5.74) is -0.105. The molecule has 1 N–H and O–H groups in total. The molecule has 1 aromatic heterocycles. The molecule has 2 aliphatic heterocycles. The Balaban J connectivity index is 1.74. The highest BCUT2D eigenvalue weighted by Gasteiger charge is 2.48. The van der Waals surface area contributed by atoms with Gasteiger partial charge >= 0.3 is 6.03 Å². The second-order valence-corrected chi connectivity index (χ2v) is 7.76. The van der Waals surface area contributed by atoms with Gasteiger partial charge in [-0.25, -0.2) is 4.79 Å². The fourth-order valence-electron chi connectivity index (χ4n) is 3.03. The number of halogens is 1. The van der Waals surface area contributed by atoms with Gasteiger partial charge in [-0.05, 0) is 25.3 Å². The highest BCUT2D eigenvalue weighted by Crippen LogP contribution is 2.35. The van der Waals surface area contributed by atoms with Gasteiger partial charge in [0.2, 0.25) is 0 Å². The topological polar surface area (TPSA) is 50.8 Å². The van der Waals surface area contributed by atoms with Crippen LogP contribution in [-0.4, -0.2) is 48.4 Å². The summed E-state index contributed by atoms with van der Waals surface area (Å²) < 4.78 is 12.3. The van der Waals surface area contributed by atoms with Gasteiger partial charge in [-0.1, -0.05) is 11.6 Å². The molecule has 0 unspecified atom stereocenters. The summed E-state index contributed by atoms with van der Waals surface area (Å²) in [4.78, 5) is 14.3. The van der Waals surface area contributed by atoms with Crippen LogP contribution in [-0.2, 0) is 9.47 Å². The van der Waals surface area contributed by atoms with Crippen LogP contribution in [0.2, 0.25) is 4.34 Å². The van der Waals surface area contributed by atoms with Crippen molar-refractivity contribution in [2.75, 3.05) is 31.6 Å². The van der Waals surface area contributed by atoms with Crippen LogP contribution in [0.5, 0.6) is 0 Å². The predicted octanol–water partition coefficient (Wildman–Crippen LogP) is 3.20. The van der Waals surface area contributed by atoms with Crippen molar-refractivity contribution >= 4 is 34.7 Å². The number of hydrogen-bond donors (Lipinski definition) is 1. The Kier molecular flexibility index (Phi) is 3.90.